The molecule has 8 nitrogen and oxygen atoms in total. The van der Waals surface area contributed by atoms with Gasteiger partial charge in [-0.3, -0.25) is 9.89 Å². The van der Waals surface area contributed by atoms with Gasteiger partial charge in [0.2, 0.25) is 10.0 Å². The van der Waals surface area contributed by atoms with Crippen LogP contribution in [0.2, 0.25) is 0 Å². The van der Waals surface area contributed by atoms with Crippen LogP contribution in [0.3, 0.4) is 0 Å². The molecule has 0 saturated heterocycles. The number of aromatic amines is 1. The SMILES string of the molecule is CCNS(=O)(=O)c1cc(C(=O)Nc2cc(-c3cccc(F)c3)[nH]n2)ccc1OC. The monoisotopic (exact) mass is 418 g/mol. The first kappa shape index (κ1) is 20.5. The number of hydrogen-bond acceptors (Lipinski definition) is 5. The molecule has 10 heteroatoms. The molecular weight excluding hydrogens is 399 g/mol. The van der Waals surface area contributed by atoms with Gasteiger partial charge >= 0.3 is 0 Å². The Balaban J connectivity index is 1.85. The van der Waals surface area contributed by atoms with Crippen molar-refractivity contribution in [3.8, 4) is 17.0 Å². The number of H-pyrrole nitrogens is 1. The second-order valence-corrected chi connectivity index (χ2v) is 7.73. The third-order valence-electron chi connectivity index (χ3n) is 4.00. The molecule has 0 saturated carbocycles. The first-order valence-electron chi connectivity index (χ1n) is 8.64. The average Bonchev–Trinajstić information content (AvgIpc) is 3.16. The lowest BCUT2D eigenvalue weighted by molar-refractivity contribution is 0.102. The van der Waals surface area contributed by atoms with E-state index in [9.17, 15) is 17.6 Å². The molecule has 0 spiro atoms. The number of methoxy groups -OCH3 is 1. The minimum Gasteiger partial charge on any atom is -0.495 e. The Hall–Kier alpha value is -3.24. The lowest BCUT2D eigenvalue weighted by Crippen LogP contribution is -2.24. The van der Waals surface area contributed by atoms with Gasteiger partial charge in [0.05, 0.1) is 12.8 Å². The second kappa shape index (κ2) is 8.41. The highest BCUT2D eigenvalue weighted by atomic mass is 32.2. The van der Waals surface area contributed by atoms with Gasteiger partial charge in [-0.1, -0.05) is 19.1 Å². The van der Waals surface area contributed by atoms with Gasteiger partial charge in [-0.15, -0.1) is 0 Å². The van der Waals surface area contributed by atoms with Crippen LogP contribution in [0, 0.1) is 5.82 Å². The predicted molar refractivity (Wildman–Crippen MR) is 106 cm³/mol. The molecule has 0 aliphatic carbocycles. The summed E-state index contributed by atoms with van der Waals surface area (Å²) in [5.41, 5.74) is 1.20. The fourth-order valence-corrected chi connectivity index (χ4v) is 3.91. The van der Waals surface area contributed by atoms with Gasteiger partial charge in [-0.25, -0.2) is 17.5 Å². The molecule has 152 valence electrons. The molecule has 0 fully saturated rings. The van der Waals surface area contributed by atoms with Crippen molar-refractivity contribution >= 4 is 21.7 Å². The van der Waals surface area contributed by atoms with Crippen LogP contribution in [0.15, 0.2) is 53.4 Å². The predicted octanol–water partition coefficient (Wildman–Crippen LogP) is 2.77. The molecule has 1 heterocycles. The zero-order valence-electron chi connectivity index (χ0n) is 15.7. The van der Waals surface area contributed by atoms with Gasteiger partial charge in [0, 0.05) is 23.7 Å². The van der Waals surface area contributed by atoms with Gasteiger partial charge < -0.3 is 10.1 Å². The average molecular weight is 418 g/mol. The summed E-state index contributed by atoms with van der Waals surface area (Å²) in [6.07, 6.45) is 0. The van der Waals surface area contributed by atoms with E-state index in [0.717, 1.165) is 0 Å². The van der Waals surface area contributed by atoms with Crippen LogP contribution in [-0.4, -0.2) is 38.2 Å². The molecule has 3 N–H and O–H groups in total. The summed E-state index contributed by atoms with van der Waals surface area (Å²) in [7, 11) is -2.49. The maximum Gasteiger partial charge on any atom is 0.256 e. The number of nitrogens with zero attached hydrogens (tertiary/aromatic N) is 1. The Morgan fingerprint density at radius 3 is 2.69 bits per heavy atom. The molecule has 0 radical (unpaired) electrons. The third-order valence-corrected chi connectivity index (χ3v) is 5.57. The molecule has 0 aliphatic rings. The van der Waals surface area contributed by atoms with Crippen LogP contribution >= 0.6 is 0 Å². The van der Waals surface area contributed by atoms with Crippen molar-refractivity contribution in [3.63, 3.8) is 0 Å². The Labute approximate surface area is 167 Å². The molecule has 0 atom stereocenters. The van der Waals surface area contributed by atoms with E-state index >= 15 is 0 Å². The summed E-state index contributed by atoms with van der Waals surface area (Å²) in [5.74, 6) is -0.620. The van der Waals surface area contributed by atoms with E-state index in [2.05, 4.69) is 20.2 Å². The van der Waals surface area contributed by atoms with Crippen LogP contribution in [0.1, 0.15) is 17.3 Å². The maximum atomic E-state index is 13.4. The van der Waals surface area contributed by atoms with Crippen molar-refractivity contribution < 1.29 is 22.3 Å². The molecule has 29 heavy (non-hydrogen) atoms. The Morgan fingerprint density at radius 2 is 2.00 bits per heavy atom. The number of nitrogens with one attached hydrogen (secondary N) is 3. The van der Waals surface area contributed by atoms with Crippen LogP contribution < -0.4 is 14.8 Å². The quantitative estimate of drug-likeness (QED) is 0.546. The van der Waals surface area contributed by atoms with Crippen LogP contribution in [-0.2, 0) is 10.0 Å². The lowest BCUT2D eigenvalue weighted by atomic mass is 10.1. The minimum atomic E-state index is -3.83. The zero-order chi connectivity index (χ0) is 21.0. The summed E-state index contributed by atoms with van der Waals surface area (Å²) in [4.78, 5) is 12.4. The Bertz CT molecular complexity index is 1140. The fraction of sp³-hybridized carbons (Fsp3) is 0.158. The highest BCUT2D eigenvalue weighted by Crippen LogP contribution is 2.26. The van der Waals surface area contributed by atoms with Gasteiger partial charge in [0.15, 0.2) is 5.82 Å². The largest absolute Gasteiger partial charge is 0.495 e. The van der Waals surface area contributed by atoms with Crippen molar-refractivity contribution in [1.29, 1.82) is 0 Å². The standard InChI is InChI=1S/C19H19FN4O4S/c1-3-21-29(26,27)17-10-13(7-8-16(17)28-2)19(25)22-18-11-15(23-24-18)12-5-4-6-14(20)9-12/h4-11,21H,3H2,1-2H3,(H2,22,23,24,25). The number of benzene rings is 2. The van der Waals surface area contributed by atoms with E-state index in [1.807, 2.05) is 0 Å². The number of aromatic nitrogens is 2. The van der Waals surface area contributed by atoms with Crippen LogP contribution in [0.25, 0.3) is 11.3 Å². The normalized spacial score (nSPS) is 11.3. The molecule has 0 bridgehead atoms. The number of ether oxygens (including phenoxy) is 1. The van der Waals surface area contributed by atoms with Crippen molar-refractivity contribution in [2.24, 2.45) is 0 Å². The third kappa shape index (κ3) is 4.61. The molecule has 1 amide bonds. The molecule has 0 aliphatic heterocycles. The van der Waals surface area contributed by atoms with Gasteiger partial charge in [0.25, 0.3) is 5.91 Å². The van der Waals surface area contributed by atoms with E-state index in [0.29, 0.717) is 11.3 Å². The number of anilines is 1. The lowest BCUT2D eigenvalue weighted by Gasteiger charge is -2.11. The number of sulfonamides is 1. The Kier molecular flexibility index (Phi) is 5.95. The first-order chi connectivity index (χ1) is 13.8. The Morgan fingerprint density at radius 1 is 1.21 bits per heavy atom. The van der Waals surface area contributed by atoms with E-state index in [4.69, 9.17) is 4.74 Å². The van der Waals surface area contributed by atoms with Crippen molar-refractivity contribution in [2.75, 3.05) is 19.0 Å². The van der Waals surface area contributed by atoms with Crippen molar-refractivity contribution in [1.82, 2.24) is 14.9 Å². The van der Waals surface area contributed by atoms with Gasteiger partial charge in [-0.2, -0.15) is 5.10 Å². The van der Waals surface area contributed by atoms with Crippen LogP contribution in [0.5, 0.6) is 5.75 Å². The summed E-state index contributed by atoms with van der Waals surface area (Å²) in [6, 6.07) is 11.5. The molecule has 3 aromatic rings. The summed E-state index contributed by atoms with van der Waals surface area (Å²) in [6.45, 7) is 1.84. The zero-order valence-corrected chi connectivity index (χ0v) is 16.5. The molecule has 1 aromatic heterocycles. The summed E-state index contributed by atoms with van der Waals surface area (Å²) >= 11 is 0. The minimum absolute atomic E-state index is 0.109. The van der Waals surface area contributed by atoms with E-state index in [-0.39, 0.29) is 28.6 Å². The number of halogens is 1. The highest BCUT2D eigenvalue weighted by molar-refractivity contribution is 7.89. The topological polar surface area (TPSA) is 113 Å². The molecule has 0 unspecified atom stereocenters. The van der Waals surface area contributed by atoms with Crippen LogP contribution in [0.4, 0.5) is 10.2 Å². The van der Waals surface area contributed by atoms with E-state index < -0.39 is 21.7 Å². The first-order valence-corrected chi connectivity index (χ1v) is 10.1. The smallest absolute Gasteiger partial charge is 0.256 e. The number of rotatable bonds is 7. The number of carbonyl (C=O) groups excluding carboxylic acids is 1. The van der Waals surface area contributed by atoms with Gasteiger partial charge in [-0.05, 0) is 30.3 Å². The molecular formula is C19H19FN4O4S. The summed E-state index contributed by atoms with van der Waals surface area (Å²) in [5, 5.41) is 9.29. The highest BCUT2D eigenvalue weighted by Gasteiger charge is 2.21. The van der Waals surface area contributed by atoms with E-state index in [1.165, 1.54) is 37.4 Å². The van der Waals surface area contributed by atoms with Crippen molar-refractivity contribution in [2.45, 2.75) is 11.8 Å². The van der Waals surface area contributed by atoms with Gasteiger partial charge in [0.1, 0.15) is 16.5 Å². The fourth-order valence-electron chi connectivity index (χ4n) is 2.67. The van der Waals surface area contributed by atoms with Crippen molar-refractivity contribution in [3.05, 3.63) is 59.9 Å². The maximum absolute atomic E-state index is 13.4. The summed E-state index contributed by atoms with van der Waals surface area (Å²) < 4.78 is 45.6. The number of amides is 1. The molecule has 3 rings (SSSR count). The van der Waals surface area contributed by atoms with E-state index in [1.54, 1.807) is 25.1 Å². The number of hydrogen-bond donors (Lipinski definition) is 3. The molecule has 2 aromatic carbocycles. The second-order valence-electron chi connectivity index (χ2n) is 6.00. The number of carbonyl (C=O) groups is 1.